The summed E-state index contributed by atoms with van der Waals surface area (Å²) in [4.78, 5) is 0. The molecule has 2 heteroatoms. The zero-order valence-corrected chi connectivity index (χ0v) is 10.7. The molecule has 16 heavy (non-hydrogen) atoms. The monoisotopic (exact) mass is 220 g/mol. The summed E-state index contributed by atoms with van der Waals surface area (Å²) < 4.78 is 11.0. The van der Waals surface area contributed by atoms with Crippen molar-refractivity contribution in [2.45, 2.75) is 33.8 Å². The van der Waals surface area contributed by atoms with Gasteiger partial charge in [-0.25, -0.2) is 0 Å². The van der Waals surface area contributed by atoms with Gasteiger partial charge in [0, 0.05) is 5.56 Å². The zero-order valence-electron chi connectivity index (χ0n) is 10.7. The highest BCUT2D eigenvalue weighted by Gasteiger charge is 2.05. The molecule has 0 radical (unpaired) electrons. The van der Waals surface area contributed by atoms with Gasteiger partial charge < -0.3 is 9.47 Å². The zero-order chi connectivity index (χ0) is 12.1. The Kier molecular flexibility index (Phi) is 4.41. The summed E-state index contributed by atoms with van der Waals surface area (Å²) in [6, 6.07) is 5.86. The first-order valence-electron chi connectivity index (χ1n) is 5.52. The third-order valence-corrected chi connectivity index (χ3v) is 2.02. The van der Waals surface area contributed by atoms with Crippen LogP contribution in [0.3, 0.4) is 0 Å². The van der Waals surface area contributed by atoms with Gasteiger partial charge in [-0.15, -0.1) is 0 Å². The van der Waals surface area contributed by atoms with Crippen molar-refractivity contribution < 1.29 is 9.47 Å². The molecule has 1 aromatic carbocycles. The molecule has 0 aromatic heterocycles. The fraction of sp³-hybridized carbons (Fsp3) is 0.429. The van der Waals surface area contributed by atoms with Gasteiger partial charge in [0.25, 0.3) is 0 Å². The minimum atomic E-state index is 0.178. The predicted octanol–water partition coefficient (Wildman–Crippen LogP) is 3.91. The molecule has 0 heterocycles. The Balaban J connectivity index is 3.11. The van der Waals surface area contributed by atoms with Crippen LogP contribution >= 0.6 is 0 Å². The SMILES string of the molecule is COc1ccc(OC(C)C)c(C=C(C)C)c1. The standard InChI is InChI=1S/C14H20O2/c1-10(2)8-12-9-13(15-5)6-7-14(12)16-11(3)4/h6-9,11H,1-5H3. The first-order valence-corrected chi connectivity index (χ1v) is 5.52. The third kappa shape index (κ3) is 3.61. The molecule has 0 saturated heterocycles. The molecule has 0 unspecified atom stereocenters. The lowest BCUT2D eigenvalue weighted by Crippen LogP contribution is -2.06. The molecule has 1 rings (SSSR count). The minimum Gasteiger partial charge on any atom is -0.497 e. The van der Waals surface area contributed by atoms with Gasteiger partial charge in [0.2, 0.25) is 0 Å². The lowest BCUT2D eigenvalue weighted by molar-refractivity contribution is 0.241. The first kappa shape index (κ1) is 12.6. The second-order valence-electron chi connectivity index (χ2n) is 4.29. The van der Waals surface area contributed by atoms with Gasteiger partial charge in [-0.2, -0.15) is 0 Å². The fourth-order valence-corrected chi connectivity index (χ4v) is 1.44. The fourth-order valence-electron chi connectivity index (χ4n) is 1.44. The van der Waals surface area contributed by atoms with Crippen molar-refractivity contribution in [3.05, 3.63) is 29.3 Å². The van der Waals surface area contributed by atoms with Crippen molar-refractivity contribution >= 4 is 6.08 Å². The van der Waals surface area contributed by atoms with Gasteiger partial charge in [0.1, 0.15) is 11.5 Å². The Labute approximate surface area is 97.9 Å². The van der Waals surface area contributed by atoms with Gasteiger partial charge in [0.05, 0.1) is 13.2 Å². The van der Waals surface area contributed by atoms with Crippen LogP contribution in [0.15, 0.2) is 23.8 Å². The molecular weight excluding hydrogens is 200 g/mol. The smallest absolute Gasteiger partial charge is 0.127 e. The lowest BCUT2D eigenvalue weighted by atomic mass is 10.1. The van der Waals surface area contributed by atoms with E-state index in [1.54, 1.807) is 7.11 Å². The molecule has 1 aromatic rings. The summed E-state index contributed by atoms with van der Waals surface area (Å²) in [5.74, 6) is 1.75. The Bertz CT molecular complexity index is 374. The van der Waals surface area contributed by atoms with Crippen LogP contribution < -0.4 is 9.47 Å². The van der Waals surface area contributed by atoms with E-state index in [1.807, 2.05) is 32.0 Å². The van der Waals surface area contributed by atoms with Crippen LogP contribution in [0.2, 0.25) is 0 Å². The summed E-state index contributed by atoms with van der Waals surface area (Å²) in [7, 11) is 1.67. The maximum atomic E-state index is 5.75. The van der Waals surface area contributed by atoms with Crippen molar-refractivity contribution in [3.63, 3.8) is 0 Å². The number of benzene rings is 1. The highest BCUT2D eigenvalue weighted by molar-refractivity contribution is 5.61. The molecular formula is C14H20O2. The van der Waals surface area contributed by atoms with E-state index in [9.17, 15) is 0 Å². The van der Waals surface area contributed by atoms with Crippen molar-refractivity contribution in [2.75, 3.05) is 7.11 Å². The van der Waals surface area contributed by atoms with Crippen molar-refractivity contribution in [3.8, 4) is 11.5 Å². The number of ether oxygens (including phenoxy) is 2. The van der Waals surface area contributed by atoms with Crippen LogP contribution in [-0.4, -0.2) is 13.2 Å². The second kappa shape index (κ2) is 5.59. The van der Waals surface area contributed by atoms with E-state index >= 15 is 0 Å². The van der Waals surface area contributed by atoms with Crippen LogP contribution in [0.25, 0.3) is 6.08 Å². The number of hydrogen-bond acceptors (Lipinski definition) is 2. The Morgan fingerprint density at radius 2 is 1.94 bits per heavy atom. The first-order chi connectivity index (χ1) is 7.52. The van der Waals surface area contributed by atoms with Crippen LogP contribution in [0.4, 0.5) is 0 Å². The largest absolute Gasteiger partial charge is 0.497 e. The predicted molar refractivity (Wildman–Crippen MR) is 68.1 cm³/mol. The summed E-state index contributed by atoms with van der Waals surface area (Å²) in [5.41, 5.74) is 2.30. The number of rotatable bonds is 4. The van der Waals surface area contributed by atoms with Crippen molar-refractivity contribution in [1.82, 2.24) is 0 Å². The van der Waals surface area contributed by atoms with E-state index in [-0.39, 0.29) is 6.10 Å². The molecule has 0 saturated carbocycles. The molecule has 0 N–H and O–H groups in total. The quantitative estimate of drug-likeness (QED) is 0.766. The number of allylic oxidation sites excluding steroid dienone is 1. The van der Waals surface area contributed by atoms with E-state index in [0.29, 0.717) is 0 Å². The van der Waals surface area contributed by atoms with E-state index in [1.165, 1.54) is 5.57 Å². The molecule has 0 atom stereocenters. The number of methoxy groups -OCH3 is 1. The van der Waals surface area contributed by atoms with Crippen molar-refractivity contribution in [2.24, 2.45) is 0 Å². The highest BCUT2D eigenvalue weighted by Crippen LogP contribution is 2.27. The normalized spacial score (nSPS) is 10.1. The van der Waals surface area contributed by atoms with E-state index in [0.717, 1.165) is 17.1 Å². The summed E-state index contributed by atoms with van der Waals surface area (Å²) in [6.07, 6.45) is 2.28. The van der Waals surface area contributed by atoms with Crippen LogP contribution in [-0.2, 0) is 0 Å². The Hall–Kier alpha value is -1.44. The second-order valence-corrected chi connectivity index (χ2v) is 4.29. The minimum absolute atomic E-state index is 0.178. The molecule has 0 spiro atoms. The van der Waals surface area contributed by atoms with E-state index in [2.05, 4.69) is 19.9 Å². The highest BCUT2D eigenvalue weighted by atomic mass is 16.5. The molecule has 0 fully saturated rings. The molecule has 88 valence electrons. The molecule has 0 amide bonds. The molecule has 0 bridgehead atoms. The van der Waals surface area contributed by atoms with Crippen LogP contribution in [0.5, 0.6) is 11.5 Å². The maximum absolute atomic E-state index is 5.75. The average Bonchev–Trinajstić information content (AvgIpc) is 2.19. The van der Waals surface area contributed by atoms with E-state index < -0.39 is 0 Å². The van der Waals surface area contributed by atoms with Gasteiger partial charge in [-0.05, 0) is 45.9 Å². The lowest BCUT2D eigenvalue weighted by Gasteiger charge is -2.13. The van der Waals surface area contributed by atoms with Crippen LogP contribution in [0, 0.1) is 0 Å². The van der Waals surface area contributed by atoms with Gasteiger partial charge in [-0.1, -0.05) is 11.6 Å². The van der Waals surface area contributed by atoms with Gasteiger partial charge >= 0.3 is 0 Å². The summed E-state index contributed by atoms with van der Waals surface area (Å²) >= 11 is 0. The average molecular weight is 220 g/mol. The van der Waals surface area contributed by atoms with E-state index in [4.69, 9.17) is 9.47 Å². The third-order valence-electron chi connectivity index (χ3n) is 2.02. The topological polar surface area (TPSA) is 18.5 Å². The Morgan fingerprint density at radius 1 is 1.25 bits per heavy atom. The summed E-state index contributed by atoms with van der Waals surface area (Å²) in [6.45, 7) is 8.18. The molecule has 0 aliphatic rings. The molecule has 0 aliphatic carbocycles. The molecule has 0 aliphatic heterocycles. The summed E-state index contributed by atoms with van der Waals surface area (Å²) in [5, 5.41) is 0. The number of hydrogen-bond donors (Lipinski definition) is 0. The van der Waals surface area contributed by atoms with Crippen molar-refractivity contribution in [1.29, 1.82) is 0 Å². The van der Waals surface area contributed by atoms with Gasteiger partial charge in [0.15, 0.2) is 0 Å². The molecule has 2 nitrogen and oxygen atoms in total. The maximum Gasteiger partial charge on any atom is 0.127 e. The Morgan fingerprint density at radius 3 is 2.44 bits per heavy atom. The van der Waals surface area contributed by atoms with Gasteiger partial charge in [-0.3, -0.25) is 0 Å². The van der Waals surface area contributed by atoms with Crippen LogP contribution in [0.1, 0.15) is 33.3 Å².